The summed E-state index contributed by atoms with van der Waals surface area (Å²) in [4.78, 5) is 0. The van der Waals surface area contributed by atoms with Crippen molar-refractivity contribution >= 4 is 0 Å². The van der Waals surface area contributed by atoms with Crippen LogP contribution in [-0.2, 0) is 14.2 Å². The van der Waals surface area contributed by atoms with Crippen LogP contribution >= 0.6 is 0 Å². The molecule has 0 saturated carbocycles. The van der Waals surface area contributed by atoms with Gasteiger partial charge in [0.05, 0.1) is 13.2 Å². The average molecular weight is 535 g/mol. The van der Waals surface area contributed by atoms with E-state index in [1.807, 2.05) is 0 Å². The van der Waals surface area contributed by atoms with Crippen molar-refractivity contribution in [2.45, 2.75) is 130 Å². The van der Waals surface area contributed by atoms with E-state index in [-0.39, 0.29) is 10.8 Å². The van der Waals surface area contributed by atoms with Gasteiger partial charge in [-0.25, -0.2) is 0 Å². The molecule has 2 aliphatic carbocycles. The second-order valence-corrected chi connectivity index (χ2v) is 12.4. The molecule has 0 bridgehead atoms. The zero-order chi connectivity index (χ0) is 28.8. The van der Waals surface area contributed by atoms with Crippen LogP contribution in [0.1, 0.15) is 119 Å². The van der Waals surface area contributed by atoms with Gasteiger partial charge in [0.2, 0.25) is 11.6 Å². The smallest absolute Gasteiger partial charge is 0.237 e. The fourth-order valence-electron chi connectivity index (χ4n) is 5.93. The number of ether oxygens (including phenoxy) is 3. The molecule has 0 fully saturated rings. The van der Waals surface area contributed by atoms with Crippen molar-refractivity contribution < 1.29 is 14.2 Å². The Morgan fingerprint density at radius 2 is 1.13 bits per heavy atom. The summed E-state index contributed by atoms with van der Waals surface area (Å²) in [5.41, 5.74) is 2.00. The molecule has 39 heavy (non-hydrogen) atoms. The third-order valence-electron chi connectivity index (χ3n) is 7.79. The van der Waals surface area contributed by atoms with E-state index in [1.54, 1.807) is 0 Å². The van der Waals surface area contributed by atoms with Gasteiger partial charge in [-0.15, -0.1) is 12.8 Å². The van der Waals surface area contributed by atoms with Gasteiger partial charge in [-0.1, -0.05) is 114 Å². The fourth-order valence-corrected chi connectivity index (χ4v) is 5.93. The van der Waals surface area contributed by atoms with Gasteiger partial charge in [0, 0.05) is 12.8 Å². The summed E-state index contributed by atoms with van der Waals surface area (Å²) in [6.07, 6.45) is 37.4. The first-order chi connectivity index (χ1) is 18.6. The van der Waals surface area contributed by atoms with Gasteiger partial charge in [0.1, 0.15) is 0 Å². The number of unbranched alkanes of at least 4 members (excludes halogenated alkanes) is 6. The summed E-state index contributed by atoms with van der Waals surface area (Å²) < 4.78 is 20.0. The van der Waals surface area contributed by atoms with E-state index < -0.39 is 11.6 Å². The van der Waals surface area contributed by atoms with Gasteiger partial charge >= 0.3 is 0 Å². The standard InChI is InChI=1S/C36H54O3/c1-9-13-15-17-25-37-35(11-3,29-33(7)23-19-21-31(5)27-33)39-36(12-4,38-26-18-16-14-10-2)30-34(8)24-20-22-32(6)28-34/h3-4,19-22,27-28H,9-10,13-18,23-26,29-30H2,1-2,5-8H3. The summed E-state index contributed by atoms with van der Waals surface area (Å²) in [7, 11) is 0. The summed E-state index contributed by atoms with van der Waals surface area (Å²) >= 11 is 0. The Bertz CT molecular complexity index is 894. The summed E-state index contributed by atoms with van der Waals surface area (Å²) in [5.74, 6) is 3.29. The Labute approximate surface area is 240 Å². The first-order valence-electron chi connectivity index (χ1n) is 15.2. The molecule has 0 spiro atoms. The van der Waals surface area contributed by atoms with Crippen LogP contribution in [0.25, 0.3) is 0 Å². The molecular weight excluding hydrogens is 480 g/mol. The van der Waals surface area contributed by atoms with Crippen LogP contribution in [0.2, 0.25) is 0 Å². The molecule has 0 saturated heterocycles. The van der Waals surface area contributed by atoms with Crippen LogP contribution in [-0.4, -0.2) is 24.8 Å². The molecule has 2 rings (SSSR count). The molecule has 0 heterocycles. The maximum Gasteiger partial charge on any atom is 0.237 e. The summed E-state index contributed by atoms with van der Waals surface area (Å²) in [5, 5.41) is 0. The molecule has 0 aromatic rings. The molecule has 3 nitrogen and oxygen atoms in total. The fraction of sp³-hybridized carbons (Fsp3) is 0.667. The highest BCUT2D eigenvalue weighted by molar-refractivity contribution is 5.28. The molecular formula is C36H54O3. The second kappa shape index (κ2) is 15.7. The van der Waals surface area contributed by atoms with Gasteiger partial charge in [-0.3, -0.25) is 4.74 Å². The lowest BCUT2D eigenvalue weighted by Gasteiger charge is -2.44. The van der Waals surface area contributed by atoms with Gasteiger partial charge in [0.25, 0.3) is 0 Å². The number of allylic oxidation sites excluding steroid dienone is 8. The van der Waals surface area contributed by atoms with Crippen LogP contribution < -0.4 is 0 Å². The van der Waals surface area contributed by atoms with E-state index in [1.165, 1.54) is 24.0 Å². The average Bonchev–Trinajstić information content (AvgIpc) is 2.87. The lowest BCUT2D eigenvalue weighted by Crippen LogP contribution is -2.51. The Morgan fingerprint density at radius 3 is 1.46 bits per heavy atom. The minimum Gasteiger partial charge on any atom is -0.340 e. The molecule has 0 N–H and O–H groups in total. The largest absolute Gasteiger partial charge is 0.340 e. The SMILES string of the molecule is C#CC(CC1(C)C=C(C)C=CC1)(OCCCCCC)OC(C#C)(CC1(C)C=C(C)C=CC1)OCCCCCC. The molecule has 0 aliphatic heterocycles. The van der Waals surface area contributed by atoms with E-state index in [2.05, 4.69) is 89.8 Å². The molecule has 0 aromatic carbocycles. The number of hydrogen-bond acceptors (Lipinski definition) is 3. The zero-order valence-corrected chi connectivity index (χ0v) is 25.7. The van der Waals surface area contributed by atoms with Crippen LogP contribution in [0, 0.1) is 35.5 Å². The zero-order valence-electron chi connectivity index (χ0n) is 25.7. The first kappa shape index (κ1) is 33.2. The minimum atomic E-state index is -1.31. The van der Waals surface area contributed by atoms with E-state index in [4.69, 9.17) is 27.1 Å². The Kier molecular flexibility index (Phi) is 13.3. The van der Waals surface area contributed by atoms with Gasteiger partial charge < -0.3 is 9.47 Å². The van der Waals surface area contributed by atoms with E-state index in [0.29, 0.717) is 26.1 Å². The molecule has 0 radical (unpaired) electrons. The predicted molar refractivity (Wildman–Crippen MR) is 165 cm³/mol. The highest BCUT2D eigenvalue weighted by Crippen LogP contribution is 2.45. The van der Waals surface area contributed by atoms with E-state index >= 15 is 0 Å². The quantitative estimate of drug-likeness (QED) is 0.0995. The molecule has 3 heteroatoms. The maximum atomic E-state index is 6.92. The van der Waals surface area contributed by atoms with E-state index in [0.717, 1.165) is 51.4 Å². The molecule has 216 valence electrons. The predicted octanol–water partition coefficient (Wildman–Crippen LogP) is 9.46. The van der Waals surface area contributed by atoms with Crippen molar-refractivity contribution in [3.05, 3.63) is 47.6 Å². The Morgan fingerprint density at radius 1 is 0.718 bits per heavy atom. The first-order valence-corrected chi connectivity index (χ1v) is 15.2. The Balaban J connectivity index is 2.42. The normalized spacial score (nSPS) is 25.6. The molecule has 0 aromatic heterocycles. The maximum absolute atomic E-state index is 6.92. The van der Waals surface area contributed by atoms with Gasteiger partial charge in [-0.2, -0.15) is 0 Å². The van der Waals surface area contributed by atoms with Crippen LogP contribution in [0.3, 0.4) is 0 Å². The van der Waals surface area contributed by atoms with Gasteiger partial charge in [0.15, 0.2) is 0 Å². The van der Waals surface area contributed by atoms with Crippen LogP contribution in [0.5, 0.6) is 0 Å². The number of rotatable bonds is 18. The molecule has 0 amide bonds. The van der Waals surface area contributed by atoms with Crippen LogP contribution in [0.15, 0.2) is 47.6 Å². The number of hydrogen-bond donors (Lipinski definition) is 0. The van der Waals surface area contributed by atoms with Crippen LogP contribution in [0.4, 0.5) is 0 Å². The molecule has 4 unspecified atom stereocenters. The van der Waals surface area contributed by atoms with Gasteiger partial charge in [-0.05, 0) is 62.2 Å². The highest BCUT2D eigenvalue weighted by atomic mass is 16.8. The number of terminal acetylenes is 2. The van der Waals surface area contributed by atoms with Crippen molar-refractivity contribution in [3.8, 4) is 24.7 Å². The molecule has 2 aliphatic rings. The topological polar surface area (TPSA) is 27.7 Å². The summed E-state index contributed by atoms with van der Waals surface area (Å²) in [6, 6.07) is 0. The summed E-state index contributed by atoms with van der Waals surface area (Å²) in [6.45, 7) is 14.1. The Hall–Kier alpha value is -2.04. The third kappa shape index (κ3) is 10.8. The van der Waals surface area contributed by atoms with E-state index in [9.17, 15) is 0 Å². The highest BCUT2D eigenvalue weighted by Gasteiger charge is 2.48. The van der Waals surface area contributed by atoms with Crippen molar-refractivity contribution in [1.82, 2.24) is 0 Å². The molecule has 4 atom stereocenters. The lowest BCUT2D eigenvalue weighted by molar-refractivity contribution is -0.328. The minimum absolute atomic E-state index is 0.218. The van der Waals surface area contributed by atoms with Crippen molar-refractivity contribution in [2.24, 2.45) is 10.8 Å². The third-order valence-corrected chi connectivity index (χ3v) is 7.79. The van der Waals surface area contributed by atoms with Crippen molar-refractivity contribution in [3.63, 3.8) is 0 Å². The monoisotopic (exact) mass is 534 g/mol. The second-order valence-electron chi connectivity index (χ2n) is 12.4. The lowest BCUT2D eigenvalue weighted by atomic mass is 9.75. The van der Waals surface area contributed by atoms with Crippen molar-refractivity contribution in [1.29, 1.82) is 0 Å². The van der Waals surface area contributed by atoms with Crippen molar-refractivity contribution in [2.75, 3.05) is 13.2 Å².